The molecule has 116 valence electrons. The number of morpholine rings is 1. The maximum absolute atomic E-state index is 12.3. The van der Waals surface area contributed by atoms with Crippen LogP contribution in [0.5, 0.6) is 5.75 Å². The first-order valence-corrected chi connectivity index (χ1v) is 8.45. The van der Waals surface area contributed by atoms with E-state index in [9.17, 15) is 9.90 Å². The second-order valence-electron chi connectivity index (χ2n) is 5.13. The van der Waals surface area contributed by atoms with Crippen LogP contribution in [0.4, 0.5) is 0 Å². The number of phenols is 1. The quantitative estimate of drug-likeness (QED) is 0.859. The Morgan fingerprint density at radius 2 is 2.43 bits per heavy atom. The number of amides is 1. The van der Waals surface area contributed by atoms with Gasteiger partial charge in [-0.15, -0.1) is 0 Å². The Kier molecular flexibility index (Phi) is 5.90. The molecule has 0 radical (unpaired) electrons. The summed E-state index contributed by atoms with van der Waals surface area (Å²) in [6.45, 7) is 1.54. The number of carbonyl (C=O) groups excluding carboxylic acids is 1. The smallest absolute Gasteiger partial charge is 0.239 e. The van der Waals surface area contributed by atoms with Crippen molar-refractivity contribution in [3.63, 3.8) is 0 Å². The number of nitrogens with two attached hydrogens (primary N) is 1. The highest BCUT2D eigenvalue weighted by molar-refractivity contribution is 7.98. The molecule has 0 aromatic heterocycles. The molecule has 1 aromatic carbocycles. The normalized spacial score (nSPS) is 20.3. The highest BCUT2D eigenvalue weighted by Gasteiger charge is 2.28. The van der Waals surface area contributed by atoms with Crippen LogP contribution in [0.2, 0.25) is 0 Å². The van der Waals surface area contributed by atoms with Gasteiger partial charge in [-0.05, 0) is 36.1 Å². The van der Waals surface area contributed by atoms with E-state index in [0.29, 0.717) is 26.1 Å². The molecule has 5 nitrogen and oxygen atoms in total. The number of hydrogen-bond donors (Lipinski definition) is 2. The summed E-state index contributed by atoms with van der Waals surface area (Å²) >= 11 is 1.69. The van der Waals surface area contributed by atoms with E-state index >= 15 is 0 Å². The highest BCUT2D eigenvalue weighted by Crippen LogP contribution is 2.25. The van der Waals surface area contributed by atoms with Crippen molar-refractivity contribution in [3.8, 4) is 5.75 Å². The summed E-state index contributed by atoms with van der Waals surface area (Å²) in [7, 11) is 0. The van der Waals surface area contributed by atoms with Crippen LogP contribution in [0.25, 0.3) is 0 Å². The van der Waals surface area contributed by atoms with Gasteiger partial charge in [-0.1, -0.05) is 12.1 Å². The highest BCUT2D eigenvalue weighted by atomic mass is 32.2. The number of ether oxygens (including phenoxy) is 1. The van der Waals surface area contributed by atoms with Gasteiger partial charge in [0.05, 0.1) is 19.2 Å². The number of benzene rings is 1. The molecule has 1 heterocycles. The molecule has 1 aromatic rings. The van der Waals surface area contributed by atoms with Gasteiger partial charge in [0, 0.05) is 6.54 Å². The van der Waals surface area contributed by atoms with E-state index in [1.807, 2.05) is 12.3 Å². The van der Waals surface area contributed by atoms with E-state index in [-0.39, 0.29) is 17.8 Å². The summed E-state index contributed by atoms with van der Waals surface area (Å²) in [4.78, 5) is 14.1. The zero-order valence-electron chi connectivity index (χ0n) is 12.2. The molecule has 21 heavy (non-hydrogen) atoms. The second-order valence-corrected chi connectivity index (χ2v) is 6.11. The van der Waals surface area contributed by atoms with Gasteiger partial charge < -0.3 is 20.5 Å². The molecule has 1 fully saturated rings. The molecule has 1 amide bonds. The molecule has 1 aliphatic rings. The molecule has 0 aliphatic carbocycles. The summed E-state index contributed by atoms with van der Waals surface area (Å²) in [5, 5.41) is 9.55. The van der Waals surface area contributed by atoms with Crippen LogP contribution in [-0.2, 0) is 9.53 Å². The lowest BCUT2D eigenvalue weighted by atomic mass is 10.1. The molecule has 3 N–H and O–H groups in total. The Hall–Kier alpha value is -1.24. The Bertz CT molecular complexity index is 484. The lowest BCUT2D eigenvalue weighted by Crippen LogP contribution is -2.49. The van der Waals surface area contributed by atoms with Crippen LogP contribution in [0, 0.1) is 0 Å². The minimum atomic E-state index is -0.444. The van der Waals surface area contributed by atoms with Crippen LogP contribution >= 0.6 is 11.8 Å². The van der Waals surface area contributed by atoms with Crippen molar-refractivity contribution in [1.29, 1.82) is 0 Å². The van der Waals surface area contributed by atoms with E-state index in [1.165, 1.54) is 0 Å². The molecule has 2 atom stereocenters. The maximum Gasteiger partial charge on any atom is 0.239 e. The van der Waals surface area contributed by atoms with Crippen molar-refractivity contribution in [2.24, 2.45) is 5.73 Å². The van der Waals surface area contributed by atoms with Gasteiger partial charge in [0.25, 0.3) is 0 Å². The van der Waals surface area contributed by atoms with E-state index in [0.717, 1.165) is 11.3 Å². The Balaban J connectivity index is 1.98. The molecule has 2 rings (SSSR count). The number of carbonyl (C=O) groups is 1. The lowest BCUT2D eigenvalue weighted by Gasteiger charge is -2.34. The standard InChI is InChI=1S/C15H22N2O3S/c1-21-8-5-13(16)15(19)17-6-7-20-14(10-17)11-3-2-4-12(18)9-11/h2-4,9,13-14,18H,5-8,10,16H2,1H3. The first-order valence-electron chi connectivity index (χ1n) is 7.05. The number of phenolic OH excluding ortho intramolecular Hbond substituents is 1. The van der Waals surface area contributed by atoms with Gasteiger partial charge in [0.15, 0.2) is 0 Å². The summed E-state index contributed by atoms with van der Waals surface area (Å²) in [6, 6.07) is 6.52. The Morgan fingerprint density at radius 3 is 3.14 bits per heavy atom. The van der Waals surface area contributed by atoms with Gasteiger partial charge in [0.1, 0.15) is 11.9 Å². The van der Waals surface area contributed by atoms with E-state index in [4.69, 9.17) is 10.5 Å². The fourth-order valence-corrected chi connectivity index (χ4v) is 2.87. The minimum Gasteiger partial charge on any atom is -0.508 e. The van der Waals surface area contributed by atoms with Crippen LogP contribution in [0.15, 0.2) is 24.3 Å². The minimum absolute atomic E-state index is 0.0162. The number of thioether (sulfide) groups is 1. The summed E-state index contributed by atoms with van der Waals surface area (Å²) in [6.07, 6.45) is 2.49. The van der Waals surface area contributed by atoms with Gasteiger partial charge in [-0.2, -0.15) is 11.8 Å². The monoisotopic (exact) mass is 310 g/mol. The molecule has 1 saturated heterocycles. The Morgan fingerprint density at radius 1 is 1.62 bits per heavy atom. The topological polar surface area (TPSA) is 75.8 Å². The van der Waals surface area contributed by atoms with Gasteiger partial charge in [0.2, 0.25) is 5.91 Å². The molecule has 0 saturated carbocycles. The van der Waals surface area contributed by atoms with Crippen molar-refractivity contribution < 1.29 is 14.6 Å². The van der Waals surface area contributed by atoms with Crippen LogP contribution < -0.4 is 5.73 Å². The second kappa shape index (κ2) is 7.68. The molecular weight excluding hydrogens is 288 g/mol. The summed E-state index contributed by atoms with van der Waals surface area (Å²) < 4.78 is 5.71. The largest absolute Gasteiger partial charge is 0.508 e. The van der Waals surface area contributed by atoms with Gasteiger partial charge in [-0.3, -0.25) is 4.79 Å². The molecule has 0 bridgehead atoms. The summed E-state index contributed by atoms with van der Waals surface area (Å²) in [5.41, 5.74) is 6.84. The molecule has 2 unspecified atom stereocenters. The fourth-order valence-electron chi connectivity index (χ4n) is 2.38. The molecule has 6 heteroatoms. The zero-order valence-corrected chi connectivity index (χ0v) is 13.0. The molecule has 1 aliphatic heterocycles. The van der Waals surface area contributed by atoms with E-state index < -0.39 is 6.04 Å². The number of hydrogen-bond acceptors (Lipinski definition) is 5. The number of rotatable bonds is 5. The lowest BCUT2D eigenvalue weighted by molar-refractivity contribution is -0.140. The third-order valence-corrected chi connectivity index (χ3v) is 4.21. The van der Waals surface area contributed by atoms with E-state index in [2.05, 4.69) is 0 Å². The van der Waals surface area contributed by atoms with Crippen LogP contribution in [-0.4, -0.2) is 53.7 Å². The third kappa shape index (κ3) is 4.36. The van der Waals surface area contributed by atoms with Crippen LogP contribution in [0.1, 0.15) is 18.1 Å². The average Bonchev–Trinajstić information content (AvgIpc) is 2.52. The maximum atomic E-state index is 12.3. The van der Waals surface area contributed by atoms with Crippen molar-refractivity contribution in [2.75, 3.05) is 31.7 Å². The van der Waals surface area contributed by atoms with Crippen molar-refractivity contribution in [1.82, 2.24) is 4.90 Å². The predicted octanol–water partition coefficient (Wildman–Crippen LogP) is 1.37. The average molecular weight is 310 g/mol. The van der Waals surface area contributed by atoms with Crippen LogP contribution in [0.3, 0.4) is 0 Å². The first-order chi connectivity index (χ1) is 10.1. The Labute approximate surface area is 129 Å². The van der Waals surface area contributed by atoms with Gasteiger partial charge in [-0.25, -0.2) is 0 Å². The van der Waals surface area contributed by atoms with E-state index in [1.54, 1.807) is 34.9 Å². The van der Waals surface area contributed by atoms with Crippen molar-refractivity contribution >= 4 is 17.7 Å². The zero-order chi connectivity index (χ0) is 15.2. The van der Waals surface area contributed by atoms with Crippen molar-refractivity contribution in [3.05, 3.63) is 29.8 Å². The SMILES string of the molecule is CSCCC(N)C(=O)N1CCOC(c2cccc(O)c2)C1. The first kappa shape index (κ1) is 16.1. The third-order valence-electron chi connectivity index (χ3n) is 3.57. The fraction of sp³-hybridized carbons (Fsp3) is 0.533. The van der Waals surface area contributed by atoms with Gasteiger partial charge >= 0.3 is 0 Å². The summed E-state index contributed by atoms with van der Waals surface area (Å²) in [5.74, 6) is 1.07. The predicted molar refractivity (Wildman–Crippen MR) is 84.4 cm³/mol. The number of aromatic hydroxyl groups is 1. The number of nitrogens with zero attached hydrogens (tertiary/aromatic N) is 1. The molecule has 0 spiro atoms. The molecular formula is C15H22N2O3S. The van der Waals surface area contributed by atoms with Crippen molar-refractivity contribution in [2.45, 2.75) is 18.6 Å².